The van der Waals surface area contributed by atoms with E-state index in [9.17, 15) is 9.59 Å². The van der Waals surface area contributed by atoms with E-state index in [-0.39, 0.29) is 23.8 Å². The van der Waals surface area contributed by atoms with E-state index >= 15 is 0 Å². The number of hydrogen-bond acceptors (Lipinski definition) is 5. The van der Waals surface area contributed by atoms with Crippen LogP contribution in [0.4, 0.5) is 0 Å². The van der Waals surface area contributed by atoms with E-state index in [1.54, 1.807) is 29.5 Å². The highest BCUT2D eigenvalue weighted by Gasteiger charge is 2.36. The molecular weight excluding hydrogens is 376 g/mol. The Morgan fingerprint density at radius 2 is 1.86 bits per heavy atom. The molecule has 2 amide bonds. The van der Waals surface area contributed by atoms with Crippen molar-refractivity contribution in [3.63, 3.8) is 0 Å². The summed E-state index contributed by atoms with van der Waals surface area (Å²) in [7, 11) is 2.99. The van der Waals surface area contributed by atoms with Crippen molar-refractivity contribution >= 4 is 23.2 Å². The number of methoxy groups -OCH3 is 2. The van der Waals surface area contributed by atoms with E-state index in [1.165, 1.54) is 31.9 Å². The van der Waals surface area contributed by atoms with Gasteiger partial charge in [0.05, 0.1) is 26.3 Å². The molecule has 0 atom stereocenters. The number of hydrogen-bond donors (Lipinski definition) is 2. The van der Waals surface area contributed by atoms with Crippen molar-refractivity contribution in [2.75, 3.05) is 27.3 Å². The Kier molecular flexibility index (Phi) is 6.57. The second-order valence-corrected chi connectivity index (χ2v) is 7.91. The van der Waals surface area contributed by atoms with Crippen molar-refractivity contribution in [3.8, 4) is 11.5 Å². The van der Waals surface area contributed by atoms with Gasteiger partial charge in [0, 0.05) is 16.8 Å². The van der Waals surface area contributed by atoms with Gasteiger partial charge in [0.25, 0.3) is 5.91 Å². The summed E-state index contributed by atoms with van der Waals surface area (Å²) in [5.41, 5.74) is 0.365. The fraction of sp³-hybridized carbons (Fsp3) is 0.429. The zero-order chi connectivity index (χ0) is 20.0. The molecule has 1 aromatic heterocycles. The van der Waals surface area contributed by atoms with Crippen LogP contribution in [0.25, 0.3) is 0 Å². The Hall–Kier alpha value is -2.54. The first-order valence-corrected chi connectivity index (χ1v) is 10.3. The third-order valence-corrected chi connectivity index (χ3v) is 6.40. The number of carbonyl (C=O) groups excluding carboxylic acids is 2. The molecule has 0 saturated heterocycles. The summed E-state index contributed by atoms with van der Waals surface area (Å²) < 4.78 is 10.5. The zero-order valence-corrected chi connectivity index (χ0v) is 17.1. The second kappa shape index (κ2) is 9.10. The third-order valence-electron chi connectivity index (χ3n) is 5.29. The lowest BCUT2D eigenvalue weighted by Crippen LogP contribution is -2.43. The van der Waals surface area contributed by atoms with Crippen LogP contribution in [-0.2, 0) is 10.2 Å². The van der Waals surface area contributed by atoms with Crippen LogP contribution < -0.4 is 20.1 Å². The van der Waals surface area contributed by atoms with Gasteiger partial charge in [-0.25, -0.2) is 0 Å². The van der Waals surface area contributed by atoms with Gasteiger partial charge in [0.15, 0.2) is 11.5 Å². The number of benzene rings is 1. The van der Waals surface area contributed by atoms with Crippen molar-refractivity contribution in [3.05, 3.63) is 46.2 Å². The van der Waals surface area contributed by atoms with Crippen LogP contribution in [-0.4, -0.2) is 39.1 Å². The van der Waals surface area contributed by atoms with E-state index in [0.717, 1.165) is 12.8 Å². The van der Waals surface area contributed by atoms with Crippen molar-refractivity contribution in [2.45, 2.75) is 31.1 Å². The summed E-state index contributed by atoms with van der Waals surface area (Å²) in [4.78, 5) is 26.2. The smallest absolute Gasteiger partial charge is 0.255 e. The molecule has 1 aromatic carbocycles. The van der Waals surface area contributed by atoms with Gasteiger partial charge in [0.1, 0.15) is 0 Å². The molecule has 28 heavy (non-hydrogen) atoms. The molecule has 2 N–H and O–H groups in total. The van der Waals surface area contributed by atoms with Gasteiger partial charge in [-0.3, -0.25) is 9.59 Å². The highest BCUT2D eigenvalue weighted by Crippen LogP contribution is 2.42. The third kappa shape index (κ3) is 4.30. The second-order valence-electron chi connectivity index (χ2n) is 6.97. The van der Waals surface area contributed by atoms with Crippen molar-refractivity contribution < 1.29 is 19.1 Å². The molecule has 0 unspecified atom stereocenters. The van der Waals surface area contributed by atoms with Crippen LogP contribution in [0.15, 0.2) is 35.7 Å². The normalized spacial score (nSPS) is 15.1. The maximum atomic E-state index is 12.5. The molecule has 1 saturated carbocycles. The van der Waals surface area contributed by atoms with E-state index in [4.69, 9.17) is 9.47 Å². The standard InChI is InChI=1S/C21H26N2O4S/c1-26-16-8-5-7-15(19(16)27-2)20(25)22-13-18(24)23-14-21(10-3-4-11-21)17-9-6-12-28-17/h5-9,12H,3-4,10-11,13-14H2,1-2H3,(H,22,25)(H,23,24). The van der Waals surface area contributed by atoms with Gasteiger partial charge in [0.2, 0.25) is 5.91 Å². The lowest BCUT2D eigenvalue weighted by molar-refractivity contribution is -0.120. The van der Waals surface area contributed by atoms with Gasteiger partial charge in [-0.2, -0.15) is 0 Å². The van der Waals surface area contributed by atoms with Gasteiger partial charge < -0.3 is 20.1 Å². The highest BCUT2D eigenvalue weighted by atomic mass is 32.1. The van der Waals surface area contributed by atoms with Crippen LogP contribution in [0.5, 0.6) is 11.5 Å². The van der Waals surface area contributed by atoms with E-state index in [0.29, 0.717) is 23.6 Å². The van der Waals surface area contributed by atoms with Gasteiger partial charge >= 0.3 is 0 Å². The Bertz CT molecular complexity index is 814. The fourth-order valence-corrected chi connectivity index (χ4v) is 4.78. The average Bonchev–Trinajstić information content (AvgIpc) is 3.42. The molecule has 1 fully saturated rings. The molecule has 0 radical (unpaired) electrons. The van der Waals surface area contributed by atoms with Crippen LogP contribution in [0.1, 0.15) is 40.9 Å². The molecule has 150 valence electrons. The van der Waals surface area contributed by atoms with E-state index in [1.807, 2.05) is 0 Å². The molecule has 2 aromatic rings. The number of amides is 2. The minimum absolute atomic E-state index is 0.0316. The molecule has 0 bridgehead atoms. The summed E-state index contributed by atoms with van der Waals surface area (Å²) in [5, 5.41) is 7.75. The molecule has 0 spiro atoms. The number of nitrogens with one attached hydrogen (secondary N) is 2. The monoisotopic (exact) mass is 402 g/mol. The predicted molar refractivity (Wildman–Crippen MR) is 109 cm³/mol. The Balaban J connectivity index is 1.57. The Labute approximate surface area is 169 Å². The molecular formula is C21H26N2O4S. The van der Waals surface area contributed by atoms with Crippen molar-refractivity contribution in [1.29, 1.82) is 0 Å². The summed E-state index contributed by atoms with van der Waals surface area (Å²) >= 11 is 1.75. The number of ether oxygens (including phenoxy) is 2. The van der Waals surface area contributed by atoms with Gasteiger partial charge in [-0.1, -0.05) is 25.0 Å². The number of carbonyl (C=O) groups is 2. The summed E-state index contributed by atoms with van der Waals surface area (Å²) in [6.45, 7) is 0.518. The summed E-state index contributed by atoms with van der Waals surface area (Å²) in [5.74, 6) is 0.252. The molecule has 0 aliphatic heterocycles. The molecule has 1 aliphatic rings. The first kappa shape index (κ1) is 20.2. The zero-order valence-electron chi connectivity index (χ0n) is 16.2. The van der Waals surface area contributed by atoms with Crippen molar-refractivity contribution in [1.82, 2.24) is 10.6 Å². The van der Waals surface area contributed by atoms with Gasteiger partial charge in [-0.05, 0) is 36.4 Å². The molecule has 3 rings (SSSR count). The molecule has 6 nitrogen and oxygen atoms in total. The average molecular weight is 403 g/mol. The molecule has 1 heterocycles. The van der Waals surface area contributed by atoms with Crippen molar-refractivity contribution in [2.24, 2.45) is 0 Å². The minimum Gasteiger partial charge on any atom is -0.493 e. The quantitative estimate of drug-likeness (QED) is 0.711. The molecule has 1 aliphatic carbocycles. The number of thiophene rings is 1. The maximum Gasteiger partial charge on any atom is 0.255 e. The Morgan fingerprint density at radius 3 is 2.50 bits per heavy atom. The number of rotatable bonds is 8. The largest absolute Gasteiger partial charge is 0.493 e. The van der Waals surface area contributed by atoms with E-state index in [2.05, 4.69) is 28.1 Å². The first-order chi connectivity index (χ1) is 13.6. The van der Waals surface area contributed by atoms with Crippen LogP contribution >= 0.6 is 11.3 Å². The van der Waals surface area contributed by atoms with E-state index < -0.39 is 0 Å². The number of para-hydroxylation sites is 1. The molecule has 7 heteroatoms. The minimum atomic E-state index is -0.375. The van der Waals surface area contributed by atoms with Crippen LogP contribution in [0, 0.1) is 0 Å². The van der Waals surface area contributed by atoms with Crippen LogP contribution in [0.2, 0.25) is 0 Å². The Morgan fingerprint density at radius 1 is 1.07 bits per heavy atom. The summed E-state index contributed by atoms with van der Waals surface area (Å²) in [6, 6.07) is 9.27. The fourth-order valence-electron chi connectivity index (χ4n) is 3.79. The lowest BCUT2D eigenvalue weighted by atomic mass is 9.84. The van der Waals surface area contributed by atoms with Crippen LogP contribution in [0.3, 0.4) is 0 Å². The topological polar surface area (TPSA) is 76.7 Å². The summed E-state index contributed by atoms with van der Waals surface area (Å²) in [6.07, 6.45) is 4.53. The predicted octanol–water partition coefficient (Wildman–Crippen LogP) is 3.12. The first-order valence-electron chi connectivity index (χ1n) is 9.39. The van der Waals surface area contributed by atoms with Gasteiger partial charge in [-0.15, -0.1) is 11.3 Å². The lowest BCUT2D eigenvalue weighted by Gasteiger charge is -2.28. The SMILES string of the molecule is COc1cccc(C(=O)NCC(=O)NCC2(c3cccs3)CCCC2)c1OC. The highest BCUT2D eigenvalue weighted by molar-refractivity contribution is 7.10. The maximum absolute atomic E-state index is 12.5.